The lowest BCUT2D eigenvalue weighted by Crippen LogP contribution is -2.43. The van der Waals surface area contributed by atoms with Crippen LogP contribution in [0.25, 0.3) is 0 Å². The monoisotopic (exact) mass is 230 g/mol. The van der Waals surface area contributed by atoms with E-state index in [2.05, 4.69) is 0 Å². The van der Waals surface area contributed by atoms with Crippen molar-refractivity contribution in [1.29, 1.82) is 0 Å². The molecule has 0 spiro atoms. The molecule has 0 aromatic rings. The molecule has 0 rings (SSSR count). The Morgan fingerprint density at radius 1 is 1.21 bits per heavy atom. The molecule has 0 aromatic heterocycles. The molecule has 0 bridgehead atoms. The lowest BCUT2D eigenvalue weighted by Gasteiger charge is -2.28. The Morgan fingerprint density at radius 3 is 2.07 bits per heavy atom. The van der Waals surface area contributed by atoms with Crippen molar-refractivity contribution in [1.82, 2.24) is 0 Å². The van der Waals surface area contributed by atoms with Crippen LogP contribution in [0.15, 0.2) is 0 Å². The molecule has 0 aromatic carbocycles. The number of hydrogen-bond acceptors (Lipinski definition) is 3. The van der Waals surface area contributed by atoms with Gasteiger partial charge in [-0.05, 0) is 0 Å². The van der Waals surface area contributed by atoms with Gasteiger partial charge in [-0.1, -0.05) is 0 Å². The van der Waals surface area contributed by atoms with E-state index < -0.39 is 10.1 Å². The molecule has 0 saturated carbocycles. The quantitative estimate of drug-likeness (QED) is 0.428. The summed E-state index contributed by atoms with van der Waals surface area (Å²) in [5.41, 5.74) is 0. The maximum absolute atomic E-state index is 10.4. The van der Waals surface area contributed by atoms with E-state index in [0.717, 1.165) is 0 Å². The van der Waals surface area contributed by atoms with Crippen LogP contribution in [-0.4, -0.2) is 67.6 Å². The van der Waals surface area contributed by atoms with Crippen molar-refractivity contribution < 1.29 is 28.0 Å². The number of rotatable bonds is 6. The first-order chi connectivity index (χ1) is 5.77. The predicted molar refractivity (Wildman–Crippen MR) is 53.6 cm³/mol. The second-order valence-electron chi connectivity index (χ2n) is 3.75. The largest absolute Gasteiger partial charge is 0.412 e. The fourth-order valence-corrected chi connectivity index (χ4v) is 1.55. The lowest BCUT2D eigenvalue weighted by molar-refractivity contribution is -0.890. The van der Waals surface area contributed by atoms with E-state index in [1.165, 1.54) is 0 Å². The number of aliphatic hydroxyl groups excluding tert-OH is 1. The summed E-state index contributed by atoms with van der Waals surface area (Å²) in [6.45, 7) is 1.30. The molecule has 0 aliphatic heterocycles. The third-order valence-corrected chi connectivity index (χ3v) is 2.68. The third kappa shape index (κ3) is 9.87. The van der Waals surface area contributed by atoms with Gasteiger partial charge in [-0.2, -0.15) is 8.42 Å². The summed E-state index contributed by atoms with van der Waals surface area (Å²) in [5, 5.41) is 8.68. The first-order valence-corrected chi connectivity index (χ1v) is 5.76. The second-order valence-corrected chi connectivity index (χ2v) is 5.32. The summed E-state index contributed by atoms with van der Waals surface area (Å²) >= 11 is 0. The van der Waals surface area contributed by atoms with Gasteiger partial charge in [-0.15, -0.1) is 0 Å². The van der Waals surface area contributed by atoms with Crippen molar-refractivity contribution in [3.8, 4) is 0 Å². The van der Waals surface area contributed by atoms with Gasteiger partial charge in [0.1, 0.15) is 6.54 Å². The van der Waals surface area contributed by atoms with Gasteiger partial charge in [0.15, 0.2) is 0 Å². The zero-order valence-corrected chi connectivity index (χ0v) is 9.42. The minimum atomic E-state index is -3.83. The van der Waals surface area contributed by atoms with Crippen molar-refractivity contribution in [2.45, 2.75) is 6.42 Å². The molecule has 0 atom stereocenters. The van der Waals surface area contributed by atoms with Crippen LogP contribution in [0.5, 0.6) is 0 Å². The second kappa shape index (κ2) is 6.31. The Balaban J connectivity index is 0. The van der Waals surface area contributed by atoms with E-state index in [1.807, 2.05) is 14.1 Å². The molecule has 14 heavy (non-hydrogen) atoms. The minimum absolute atomic E-state index is 0. The van der Waals surface area contributed by atoms with Crippen molar-refractivity contribution in [2.24, 2.45) is 0 Å². The highest BCUT2D eigenvalue weighted by Gasteiger charge is 2.15. The number of aliphatic hydroxyl groups is 1. The molecule has 0 radical (unpaired) electrons. The van der Waals surface area contributed by atoms with E-state index in [9.17, 15) is 8.42 Å². The van der Waals surface area contributed by atoms with Crippen LogP contribution in [0.1, 0.15) is 6.42 Å². The smallest absolute Gasteiger partial charge is 0.265 e. The number of hydrogen-bond donors (Lipinski definition) is 2. The number of nitrogens with zero attached hydrogens (tertiary/aromatic N) is 1. The summed E-state index contributed by atoms with van der Waals surface area (Å²) in [7, 11) is -0.0280. The molecular formula is C7H20NO5S+. The Labute approximate surface area is 84.8 Å². The molecule has 0 aliphatic rings. The van der Waals surface area contributed by atoms with E-state index in [-0.39, 0.29) is 17.8 Å². The van der Waals surface area contributed by atoms with Gasteiger partial charge in [0.05, 0.1) is 33.0 Å². The van der Waals surface area contributed by atoms with Crippen LogP contribution in [0.3, 0.4) is 0 Å². The Morgan fingerprint density at radius 2 is 1.71 bits per heavy atom. The van der Waals surface area contributed by atoms with Gasteiger partial charge in [-0.3, -0.25) is 4.55 Å². The fraction of sp³-hybridized carbons (Fsp3) is 1.00. The average Bonchev–Trinajstić information content (AvgIpc) is 1.82. The molecule has 0 unspecified atom stereocenters. The van der Waals surface area contributed by atoms with Gasteiger partial charge in [0.25, 0.3) is 10.1 Å². The molecular weight excluding hydrogens is 210 g/mol. The predicted octanol–water partition coefficient (Wildman–Crippen LogP) is -1.49. The molecule has 0 aliphatic carbocycles. The SMILES string of the molecule is C[N+](C)(CCO)CCCS(=O)(=O)O.O. The lowest BCUT2D eigenvalue weighted by atomic mass is 10.4. The maximum Gasteiger partial charge on any atom is 0.265 e. The van der Waals surface area contributed by atoms with Crippen molar-refractivity contribution in [3.05, 3.63) is 0 Å². The molecule has 0 fully saturated rings. The standard InChI is InChI=1S/C7H17NO4S.H2O/c1-8(2,5-6-9)4-3-7-13(10,11)12;/h9H,3-7H2,1-2H3;1H2/p+1. The highest BCUT2D eigenvalue weighted by atomic mass is 32.2. The van der Waals surface area contributed by atoms with Crippen LogP contribution in [0.2, 0.25) is 0 Å². The van der Waals surface area contributed by atoms with Gasteiger partial charge in [-0.25, -0.2) is 0 Å². The Kier molecular flexibility index (Phi) is 7.31. The summed E-state index contributed by atoms with van der Waals surface area (Å²) in [5.74, 6) is -0.208. The Bertz CT molecular complexity index is 236. The van der Waals surface area contributed by atoms with E-state index in [4.69, 9.17) is 9.66 Å². The van der Waals surface area contributed by atoms with Gasteiger partial charge < -0.3 is 15.1 Å². The third-order valence-electron chi connectivity index (χ3n) is 1.87. The molecule has 4 N–H and O–H groups in total. The molecule has 7 heteroatoms. The summed E-state index contributed by atoms with van der Waals surface area (Å²) in [4.78, 5) is 0. The maximum atomic E-state index is 10.4. The van der Waals surface area contributed by atoms with Crippen LogP contribution in [0, 0.1) is 0 Å². The summed E-state index contributed by atoms with van der Waals surface area (Å²) in [6.07, 6.45) is 0.409. The van der Waals surface area contributed by atoms with Crippen LogP contribution < -0.4 is 0 Å². The fourth-order valence-electron chi connectivity index (χ4n) is 1.06. The van der Waals surface area contributed by atoms with Crippen molar-refractivity contribution in [2.75, 3.05) is 39.5 Å². The first kappa shape index (κ1) is 16.2. The topological polar surface area (TPSA) is 106 Å². The Hall–Kier alpha value is -0.210. The summed E-state index contributed by atoms with van der Waals surface area (Å²) < 4.78 is 29.8. The van der Waals surface area contributed by atoms with Gasteiger partial charge in [0, 0.05) is 6.42 Å². The van der Waals surface area contributed by atoms with Gasteiger partial charge in [0.2, 0.25) is 0 Å². The number of likely N-dealkylation sites (N-methyl/N-ethyl adjacent to an activating group) is 1. The molecule has 6 nitrogen and oxygen atoms in total. The number of quaternary nitrogens is 1. The zero-order valence-electron chi connectivity index (χ0n) is 8.60. The molecule has 0 saturated heterocycles. The zero-order chi connectivity index (χ0) is 10.5. The highest BCUT2D eigenvalue weighted by Crippen LogP contribution is 1.99. The van der Waals surface area contributed by atoms with Crippen LogP contribution in [-0.2, 0) is 10.1 Å². The van der Waals surface area contributed by atoms with Crippen molar-refractivity contribution in [3.63, 3.8) is 0 Å². The van der Waals surface area contributed by atoms with E-state index in [1.54, 1.807) is 0 Å². The summed E-state index contributed by atoms with van der Waals surface area (Å²) in [6, 6.07) is 0. The molecule has 88 valence electrons. The van der Waals surface area contributed by atoms with E-state index >= 15 is 0 Å². The highest BCUT2D eigenvalue weighted by molar-refractivity contribution is 7.85. The van der Waals surface area contributed by atoms with Crippen LogP contribution in [0.4, 0.5) is 0 Å². The van der Waals surface area contributed by atoms with Crippen molar-refractivity contribution >= 4 is 10.1 Å². The average molecular weight is 230 g/mol. The van der Waals surface area contributed by atoms with Crippen LogP contribution >= 0.6 is 0 Å². The first-order valence-electron chi connectivity index (χ1n) is 4.15. The molecule has 0 amide bonds. The normalized spacial score (nSPS) is 12.3. The van der Waals surface area contributed by atoms with Gasteiger partial charge >= 0.3 is 0 Å². The van der Waals surface area contributed by atoms with E-state index in [0.29, 0.717) is 24.0 Å². The minimum Gasteiger partial charge on any atom is -0.412 e. The molecule has 0 heterocycles.